The molecule has 0 aliphatic heterocycles. The molecule has 0 atom stereocenters. The van der Waals surface area contributed by atoms with E-state index in [0.717, 1.165) is 32.1 Å². The van der Waals surface area contributed by atoms with Crippen molar-refractivity contribution in [2.75, 3.05) is 26.7 Å². The van der Waals surface area contributed by atoms with Crippen molar-refractivity contribution in [2.45, 2.75) is 27.3 Å². The van der Waals surface area contributed by atoms with E-state index in [1.54, 1.807) is 0 Å². The number of nitrogens with one attached hydrogen (secondary N) is 1. The van der Waals surface area contributed by atoms with Crippen LogP contribution < -0.4 is 5.32 Å². The SMILES string of the molecule is Cc1ccc(CN(C)CCNCC(C)C)cc1. The molecular weight excluding hydrogens is 208 g/mol. The molecule has 0 amide bonds. The molecular formula is C15H26N2. The van der Waals surface area contributed by atoms with Crippen molar-refractivity contribution < 1.29 is 0 Å². The molecule has 0 saturated heterocycles. The van der Waals surface area contributed by atoms with Crippen molar-refractivity contribution >= 4 is 0 Å². The number of hydrogen-bond donors (Lipinski definition) is 1. The average Bonchev–Trinajstić information content (AvgIpc) is 2.27. The standard InChI is InChI=1S/C15H26N2/c1-13(2)11-16-9-10-17(4)12-15-7-5-14(3)6-8-15/h5-8,13,16H,9-12H2,1-4H3. The van der Waals surface area contributed by atoms with Crippen molar-refractivity contribution in [2.24, 2.45) is 5.92 Å². The van der Waals surface area contributed by atoms with Crippen molar-refractivity contribution in [3.63, 3.8) is 0 Å². The fourth-order valence-corrected chi connectivity index (χ4v) is 1.74. The molecule has 2 heteroatoms. The number of nitrogens with zero attached hydrogens (tertiary/aromatic N) is 1. The summed E-state index contributed by atoms with van der Waals surface area (Å²) >= 11 is 0. The van der Waals surface area contributed by atoms with E-state index in [2.05, 4.69) is 62.3 Å². The second-order valence-corrected chi connectivity index (χ2v) is 5.32. The smallest absolute Gasteiger partial charge is 0.0231 e. The number of benzene rings is 1. The Kier molecular flexibility index (Phi) is 6.23. The molecule has 0 unspecified atom stereocenters. The van der Waals surface area contributed by atoms with Crippen LogP contribution in [-0.4, -0.2) is 31.6 Å². The van der Waals surface area contributed by atoms with Crippen LogP contribution in [0.15, 0.2) is 24.3 Å². The lowest BCUT2D eigenvalue weighted by Crippen LogP contribution is -2.30. The van der Waals surface area contributed by atoms with Crippen LogP contribution in [0.3, 0.4) is 0 Å². The van der Waals surface area contributed by atoms with Gasteiger partial charge in [-0.3, -0.25) is 0 Å². The summed E-state index contributed by atoms with van der Waals surface area (Å²) in [5.74, 6) is 0.734. The van der Waals surface area contributed by atoms with Gasteiger partial charge in [-0.15, -0.1) is 0 Å². The molecule has 2 nitrogen and oxygen atoms in total. The first-order valence-electron chi connectivity index (χ1n) is 6.52. The monoisotopic (exact) mass is 234 g/mol. The normalized spacial score (nSPS) is 11.4. The molecule has 1 N–H and O–H groups in total. The lowest BCUT2D eigenvalue weighted by molar-refractivity contribution is 0.321. The quantitative estimate of drug-likeness (QED) is 0.730. The van der Waals surface area contributed by atoms with Crippen LogP contribution in [0.4, 0.5) is 0 Å². The number of likely N-dealkylation sites (N-methyl/N-ethyl adjacent to an activating group) is 1. The molecule has 0 aliphatic rings. The highest BCUT2D eigenvalue weighted by Gasteiger charge is 2.00. The van der Waals surface area contributed by atoms with E-state index < -0.39 is 0 Å². The Morgan fingerprint density at radius 1 is 1.18 bits per heavy atom. The van der Waals surface area contributed by atoms with Crippen LogP contribution in [0.2, 0.25) is 0 Å². The van der Waals surface area contributed by atoms with Gasteiger partial charge in [0.2, 0.25) is 0 Å². The molecule has 0 bridgehead atoms. The van der Waals surface area contributed by atoms with Crippen LogP contribution in [0, 0.1) is 12.8 Å². The zero-order valence-corrected chi connectivity index (χ0v) is 11.7. The summed E-state index contributed by atoms with van der Waals surface area (Å²) in [7, 11) is 2.18. The lowest BCUT2D eigenvalue weighted by Gasteiger charge is -2.17. The zero-order valence-electron chi connectivity index (χ0n) is 11.7. The van der Waals surface area contributed by atoms with Gasteiger partial charge in [-0.05, 0) is 32.0 Å². The van der Waals surface area contributed by atoms with Gasteiger partial charge in [0.1, 0.15) is 0 Å². The first-order valence-corrected chi connectivity index (χ1v) is 6.52. The summed E-state index contributed by atoms with van der Waals surface area (Å²) in [6.07, 6.45) is 0. The van der Waals surface area contributed by atoms with Gasteiger partial charge in [-0.2, -0.15) is 0 Å². The predicted octanol–water partition coefficient (Wildman–Crippen LogP) is 2.67. The Balaban J connectivity index is 2.20. The van der Waals surface area contributed by atoms with Crippen molar-refractivity contribution in [3.05, 3.63) is 35.4 Å². The third kappa shape index (κ3) is 6.44. The van der Waals surface area contributed by atoms with Gasteiger partial charge in [0.05, 0.1) is 0 Å². The van der Waals surface area contributed by atoms with Gasteiger partial charge >= 0.3 is 0 Å². The van der Waals surface area contributed by atoms with Gasteiger partial charge in [0, 0.05) is 19.6 Å². The van der Waals surface area contributed by atoms with Gasteiger partial charge in [0.15, 0.2) is 0 Å². The average molecular weight is 234 g/mol. The van der Waals surface area contributed by atoms with Crippen molar-refractivity contribution in [3.8, 4) is 0 Å². The maximum absolute atomic E-state index is 3.47. The summed E-state index contributed by atoms with van der Waals surface area (Å²) in [6, 6.07) is 8.79. The van der Waals surface area contributed by atoms with Gasteiger partial charge < -0.3 is 10.2 Å². The van der Waals surface area contributed by atoms with E-state index >= 15 is 0 Å². The van der Waals surface area contributed by atoms with Gasteiger partial charge in [0.25, 0.3) is 0 Å². The molecule has 0 fully saturated rings. The van der Waals surface area contributed by atoms with Crippen LogP contribution in [-0.2, 0) is 6.54 Å². The van der Waals surface area contributed by atoms with E-state index in [-0.39, 0.29) is 0 Å². The maximum atomic E-state index is 3.47. The molecule has 96 valence electrons. The topological polar surface area (TPSA) is 15.3 Å². The Labute approximate surface area is 106 Å². The maximum Gasteiger partial charge on any atom is 0.0231 e. The molecule has 0 heterocycles. The molecule has 1 aromatic carbocycles. The summed E-state index contributed by atoms with van der Waals surface area (Å²) in [4.78, 5) is 2.36. The fraction of sp³-hybridized carbons (Fsp3) is 0.600. The molecule has 0 saturated carbocycles. The Bertz CT molecular complexity index is 303. The molecule has 1 rings (SSSR count). The highest BCUT2D eigenvalue weighted by atomic mass is 15.1. The first kappa shape index (κ1) is 14.2. The number of aryl methyl sites for hydroxylation is 1. The van der Waals surface area contributed by atoms with Crippen LogP contribution >= 0.6 is 0 Å². The Morgan fingerprint density at radius 3 is 2.41 bits per heavy atom. The van der Waals surface area contributed by atoms with E-state index in [1.807, 2.05) is 0 Å². The molecule has 1 aromatic rings. The molecule has 0 aromatic heterocycles. The van der Waals surface area contributed by atoms with Crippen molar-refractivity contribution in [1.82, 2.24) is 10.2 Å². The van der Waals surface area contributed by atoms with E-state index in [9.17, 15) is 0 Å². The fourth-order valence-electron chi connectivity index (χ4n) is 1.74. The number of rotatable bonds is 7. The minimum Gasteiger partial charge on any atom is -0.315 e. The summed E-state index contributed by atoms with van der Waals surface area (Å²) < 4.78 is 0. The minimum absolute atomic E-state index is 0.734. The Morgan fingerprint density at radius 2 is 1.82 bits per heavy atom. The zero-order chi connectivity index (χ0) is 12.7. The van der Waals surface area contributed by atoms with E-state index in [1.165, 1.54) is 11.1 Å². The summed E-state index contributed by atoms with van der Waals surface area (Å²) in [5, 5.41) is 3.47. The molecule has 0 spiro atoms. The highest BCUT2D eigenvalue weighted by molar-refractivity contribution is 5.21. The minimum atomic E-state index is 0.734. The number of hydrogen-bond acceptors (Lipinski definition) is 2. The summed E-state index contributed by atoms with van der Waals surface area (Å²) in [5.41, 5.74) is 2.72. The van der Waals surface area contributed by atoms with Gasteiger partial charge in [-0.1, -0.05) is 43.7 Å². The van der Waals surface area contributed by atoms with Crippen LogP contribution in [0.25, 0.3) is 0 Å². The van der Waals surface area contributed by atoms with Crippen molar-refractivity contribution in [1.29, 1.82) is 0 Å². The second-order valence-electron chi connectivity index (χ2n) is 5.32. The molecule has 17 heavy (non-hydrogen) atoms. The van der Waals surface area contributed by atoms with E-state index in [0.29, 0.717) is 0 Å². The second kappa shape index (κ2) is 7.46. The summed E-state index contributed by atoms with van der Waals surface area (Å²) in [6.45, 7) is 10.9. The predicted molar refractivity (Wildman–Crippen MR) is 75.2 cm³/mol. The van der Waals surface area contributed by atoms with Gasteiger partial charge in [-0.25, -0.2) is 0 Å². The van der Waals surface area contributed by atoms with E-state index in [4.69, 9.17) is 0 Å². The lowest BCUT2D eigenvalue weighted by atomic mass is 10.1. The first-order chi connectivity index (χ1) is 8.08. The largest absolute Gasteiger partial charge is 0.315 e. The third-order valence-electron chi connectivity index (χ3n) is 2.80. The van der Waals surface area contributed by atoms with Crippen LogP contribution in [0.1, 0.15) is 25.0 Å². The molecule has 0 radical (unpaired) electrons. The van der Waals surface area contributed by atoms with Crippen LogP contribution in [0.5, 0.6) is 0 Å². The molecule has 0 aliphatic carbocycles. The highest BCUT2D eigenvalue weighted by Crippen LogP contribution is 2.05. The third-order valence-corrected chi connectivity index (χ3v) is 2.80. The Hall–Kier alpha value is -0.860.